The molecule has 1 aliphatic rings. The van der Waals surface area contributed by atoms with Gasteiger partial charge in [0.2, 0.25) is 5.91 Å². The van der Waals surface area contributed by atoms with E-state index in [4.69, 9.17) is 0 Å². The molecule has 0 aliphatic carbocycles. The van der Waals surface area contributed by atoms with Gasteiger partial charge in [0.15, 0.2) is 5.04 Å². The standard InChI is InChI=1S/C16H19N3OS/c1-13(20)19-16(2,14-9-6-5-7-10-14)21-15(17-19)11-8-12-18(3)4/h5-7,9-10H,12H2,1-4H3. The maximum Gasteiger partial charge on any atom is 0.241 e. The van der Waals surface area contributed by atoms with Crippen molar-refractivity contribution in [2.45, 2.75) is 18.7 Å². The zero-order valence-corrected chi connectivity index (χ0v) is 13.6. The van der Waals surface area contributed by atoms with Crippen LogP contribution in [0.5, 0.6) is 0 Å². The minimum absolute atomic E-state index is 0.0849. The van der Waals surface area contributed by atoms with Crippen LogP contribution in [0.2, 0.25) is 0 Å². The van der Waals surface area contributed by atoms with Gasteiger partial charge in [0.05, 0.1) is 6.54 Å². The van der Waals surface area contributed by atoms with Crippen molar-refractivity contribution in [2.24, 2.45) is 5.10 Å². The molecule has 2 rings (SSSR count). The lowest BCUT2D eigenvalue weighted by molar-refractivity contribution is -0.131. The first-order chi connectivity index (χ1) is 9.93. The third-order valence-electron chi connectivity index (χ3n) is 3.09. The Labute approximate surface area is 130 Å². The van der Waals surface area contributed by atoms with Gasteiger partial charge < -0.3 is 0 Å². The summed E-state index contributed by atoms with van der Waals surface area (Å²) in [7, 11) is 3.93. The van der Waals surface area contributed by atoms with E-state index in [2.05, 4.69) is 16.9 Å². The molecule has 0 fully saturated rings. The van der Waals surface area contributed by atoms with Crippen LogP contribution in [-0.4, -0.2) is 41.5 Å². The highest BCUT2D eigenvalue weighted by Crippen LogP contribution is 2.45. The van der Waals surface area contributed by atoms with E-state index in [1.54, 1.807) is 0 Å². The molecule has 0 bridgehead atoms. The van der Waals surface area contributed by atoms with Gasteiger partial charge in [-0.3, -0.25) is 9.69 Å². The van der Waals surface area contributed by atoms with Gasteiger partial charge >= 0.3 is 0 Å². The van der Waals surface area contributed by atoms with Crippen LogP contribution >= 0.6 is 11.8 Å². The van der Waals surface area contributed by atoms with Crippen molar-refractivity contribution in [3.63, 3.8) is 0 Å². The maximum atomic E-state index is 11.9. The predicted octanol–water partition coefficient (Wildman–Crippen LogP) is 2.33. The van der Waals surface area contributed by atoms with Crippen LogP contribution < -0.4 is 0 Å². The van der Waals surface area contributed by atoms with Crippen molar-refractivity contribution in [3.8, 4) is 11.8 Å². The number of carbonyl (C=O) groups is 1. The third kappa shape index (κ3) is 3.46. The van der Waals surface area contributed by atoms with Gasteiger partial charge in [-0.15, -0.1) is 0 Å². The summed E-state index contributed by atoms with van der Waals surface area (Å²) in [5.74, 6) is 6.03. The number of benzene rings is 1. The monoisotopic (exact) mass is 301 g/mol. The molecule has 0 radical (unpaired) electrons. The number of hydrogen-bond acceptors (Lipinski definition) is 4. The van der Waals surface area contributed by atoms with Crippen LogP contribution in [0.15, 0.2) is 35.4 Å². The van der Waals surface area contributed by atoms with Gasteiger partial charge in [-0.1, -0.05) is 48.0 Å². The van der Waals surface area contributed by atoms with E-state index >= 15 is 0 Å². The highest BCUT2D eigenvalue weighted by Gasteiger charge is 2.42. The first-order valence-corrected chi connectivity index (χ1v) is 7.52. The van der Waals surface area contributed by atoms with Crippen molar-refractivity contribution >= 4 is 22.7 Å². The smallest absolute Gasteiger partial charge is 0.241 e. The molecule has 0 spiro atoms. The quantitative estimate of drug-likeness (QED) is 0.787. The van der Waals surface area contributed by atoms with Crippen molar-refractivity contribution in [1.29, 1.82) is 0 Å². The van der Waals surface area contributed by atoms with E-state index < -0.39 is 4.87 Å². The Morgan fingerprint density at radius 1 is 1.38 bits per heavy atom. The minimum Gasteiger partial charge on any atom is -0.299 e. The molecule has 1 atom stereocenters. The van der Waals surface area contributed by atoms with Crippen LogP contribution in [0.4, 0.5) is 0 Å². The van der Waals surface area contributed by atoms with Crippen molar-refractivity contribution in [3.05, 3.63) is 35.9 Å². The molecule has 5 heteroatoms. The number of rotatable bonds is 2. The Balaban J connectivity index is 2.29. The molecule has 0 N–H and O–H groups in total. The molecule has 0 saturated carbocycles. The average molecular weight is 301 g/mol. The van der Waals surface area contributed by atoms with Gasteiger partial charge in [0.25, 0.3) is 0 Å². The summed E-state index contributed by atoms with van der Waals surface area (Å²) in [4.78, 5) is 13.4. The molecule has 1 aromatic carbocycles. The van der Waals surface area contributed by atoms with E-state index in [9.17, 15) is 4.79 Å². The minimum atomic E-state index is -0.533. The molecule has 21 heavy (non-hydrogen) atoms. The molecule has 0 saturated heterocycles. The van der Waals surface area contributed by atoms with E-state index in [0.29, 0.717) is 11.6 Å². The fourth-order valence-electron chi connectivity index (χ4n) is 2.06. The average Bonchev–Trinajstić information content (AvgIpc) is 2.78. The molecule has 110 valence electrons. The highest BCUT2D eigenvalue weighted by atomic mass is 32.2. The lowest BCUT2D eigenvalue weighted by Gasteiger charge is -2.31. The number of carbonyl (C=O) groups excluding carboxylic acids is 1. The summed E-state index contributed by atoms with van der Waals surface area (Å²) in [5, 5.41) is 6.58. The molecular weight excluding hydrogens is 282 g/mol. The van der Waals surface area contributed by atoms with Gasteiger partial charge in [-0.25, -0.2) is 5.01 Å². The van der Waals surface area contributed by atoms with Gasteiger partial charge in [-0.2, -0.15) is 5.10 Å². The van der Waals surface area contributed by atoms with E-state index in [1.165, 1.54) is 23.7 Å². The fraction of sp³-hybridized carbons (Fsp3) is 0.375. The SMILES string of the molecule is CC(=O)N1N=C(C#CCN(C)C)SC1(C)c1ccccc1. The first kappa shape index (κ1) is 15.6. The van der Waals surface area contributed by atoms with Gasteiger partial charge in [-0.05, 0) is 32.5 Å². The molecule has 1 aliphatic heterocycles. The van der Waals surface area contributed by atoms with E-state index in [0.717, 1.165) is 5.56 Å². The lowest BCUT2D eigenvalue weighted by atomic mass is 10.1. The summed E-state index contributed by atoms with van der Waals surface area (Å²) >= 11 is 1.52. The van der Waals surface area contributed by atoms with Crippen molar-refractivity contribution in [2.75, 3.05) is 20.6 Å². The first-order valence-electron chi connectivity index (χ1n) is 6.71. The predicted molar refractivity (Wildman–Crippen MR) is 87.7 cm³/mol. The topological polar surface area (TPSA) is 35.9 Å². The van der Waals surface area contributed by atoms with Crippen LogP contribution in [0, 0.1) is 11.8 Å². The summed E-state index contributed by atoms with van der Waals surface area (Å²) in [6.45, 7) is 4.20. The molecule has 0 aromatic heterocycles. The summed E-state index contributed by atoms with van der Waals surface area (Å²) < 4.78 is 0. The van der Waals surface area contributed by atoms with Crippen LogP contribution in [0.3, 0.4) is 0 Å². The Bertz CT molecular complexity index is 615. The third-order valence-corrected chi connectivity index (χ3v) is 4.27. The number of hydrogen-bond donors (Lipinski definition) is 0. The second-order valence-electron chi connectivity index (χ2n) is 5.23. The largest absolute Gasteiger partial charge is 0.299 e. The number of thioether (sulfide) groups is 1. The second-order valence-corrected chi connectivity index (χ2v) is 6.61. The lowest BCUT2D eigenvalue weighted by Crippen LogP contribution is -2.37. The molecule has 4 nitrogen and oxygen atoms in total. The van der Waals surface area contributed by atoms with Gasteiger partial charge in [0, 0.05) is 6.92 Å². The highest BCUT2D eigenvalue weighted by molar-refractivity contribution is 8.15. The Kier molecular flexibility index (Phi) is 4.71. The normalized spacial score (nSPS) is 21.0. The Morgan fingerprint density at radius 3 is 2.62 bits per heavy atom. The van der Waals surface area contributed by atoms with Crippen LogP contribution in [0.1, 0.15) is 19.4 Å². The maximum absolute atomic E-state index is 11.9. The zero-order valence-electron chi connectivity index (χ0n) is 12.8. The summed E-state index contributed by atoms with van der Waals surface area (Å²) in [6.07, 6.45) is 0. The molecule has 1 amide bonds. The number of amides is 1. The van der Waals surface area contributed by atoms with Crippen LogP contribution in [0.25, 0.3) is 0 Å². The van der Waals surface area contributed by atoms with Crippen molar-refractivity contribution < 1.29 is 4.79 Å². The molecular formula is C16H19N3OS. The number of nitrogens with zero attached hydrogens (tertiary/aromatic N) is 3. The summed E-state index contributed by atoms with van der Waals surface area (Å²) in [5.41, 5.74) is 1.04. The number of hydrazone groups is 1. The molecule has 1 unspecified atom stereocenters. The second kappa shape index (κ2) is 6.33. The summed E-state index contributed by atoms with van der Waals surface area (Å²) in [6, 6.07) is 9.91. The Morgan fingerprint density at radius 2 is 2.05 bits per heavy atom. The van der Waals surface area contributed by atoms with Crippen molar-refractivity contribution in [1.82, 2.24) is 9.91 Å². The molecule has 1 aromatic rings. The van der Waals surface area contributed by atoms with E-state index in [1.807, 2.05) is 56.3 Å². The zero-order chi connectivity index (χ0) is 15.5. The Hall–Kier alpha value is -1.77. The molecule has 1 heterocycles. The van der Waals surface area contributed by atoms with Gasteiger partial charge in [0.1, 0.15) is 4.87 Å². The van der Waals surface area contributed by atoms with E-state index in [-0.39, 0.29) is 5.91 Å². The fourth-order valence-corrected chi connectivity index (χ4v) is 3.19. The van der Waals surface area contributed by atoms with Crippen LogP contribution in [-0.2, 0) is 9.67 Å².